The van der Waals surface area contributed by atoms with Crippen molar-refractivity contribution in [2.45, 2.75) is 19.4 Å². The number of hydrogen-bond acceptors (Lipinski definition) is 4. The zero-order chi connectivity index (χ0) is 10.6. The summed E-state index contributed by atoms with van der Waals surface area (Å²) in [5, 5.41) is 6.63. The van der Waals surface area contributed by atoms with Crippen molar-refractivity contribution in [2.24, 2.45) is 0 Å². The number of hydrogen-bond donors (Lipinski definition) is 2. The van der Waals surface area contributed by atoms with Gasteiger partial charge in [-0.1, -0.05) is 0 Å². The Bertz CT molecular complexity index is 301. The Morgan fingerprint density at radius 1 is 1.50 bits per heavy atom. The first-order valence-electron chi connectivity index (χ1n) is 4.45. The minimum atomic E-state index is 0.0252. The van der Waals surface area contributed by atoms with Crippen LogP contribution < -0.4 is 10.6 Å². The van der Waals surface area contributed by atoms with Gasteiger partial charge >= 0.3 is 0 Å². The lowest BCUT2D eigenvalue weighted by Crippen LogP contribution is -2.42. The molecule has 5 heteroatoms. The van der Waals surface area contributed by atoms with Crippen LogP contribution in [0, 0.1) is 0 Å². The van der Waals surface area contributed by atoms with Gasteiger partial charge in [-0.05, 0) is 38.6 Å². The summed E-state index contributed by atoms with van der Waals surface area (Å²) in [5.74, 6) is 0.744. The number of aromatic nitrogens is 2. The third-order valence-corrected chi connectivity index (χ3v) is 2.20. The molecule has 1 heterocycles. The Morgan fingerprint density at radius 2 is 2.21 bits per heavy atom. The van der Waals surface area contributed by atoms with E-state index in [2.05, 4.69) is 34.4 Å². The lowest BCUT2D eigenvalue weighted by Gasteiger charge is -2.24. The fourth-order valence-electron chi connectivity index (χ4n) is 0.833. The van der Waals surface area contributed by atoms with Gasteiger partial charge in [0.25, 0.3) is 0 Å². The molecule has 0 atom stereocenters. The molecule has 0 radical (unpaired) electrons. The molecule has 4 nitrogen and oxygen atoms in total. The van der Waals surface area contributed by atoms with Gasteiger partial charge < -0.3 is 10.6 Å². The third kappa shape index (κ3) is 3.47. The first-order chi connectivity index (χ1) is 6.53. The molecule has 0 amide bonds. The van der Waals surface area contributed by atoms with Crippen molar-refractivity contribution in [3.63, 3.8) is 0 Å². The molecule has 2 N–H and O–H groups in total. The zero-order valence-corrected chi connectivity index (χ0v) is 9.39. The van der Waals surface area contributed by atoms with E-state index in [1.807, 2.05) is 7.05 Å². The molecule has 1 aromatic heterocycles. The Hall–Kier alpha value is -0.870. The lowest BCUT2D eigenvalue weighted by molar-refractivity contribution is 0.447. The number of rotatable bonds is 4. The van der Waals surface area contributed by atoms with E-state index in [0.29, 0.717) is 0 Å². The highest BCUT2D eigenvalue weighted by Crippen LogP contribution is 2.08. The highest BCUT2D eigenvalue weighted by molar-refractivity contribution is 6.28. The van der Waals surface area contributed by atoms with Gasteiger partial charge in [0.15, 0.2) is 0 Å². The van der Waals surface area contributed by atoms with Gasteiger partial charge in [0.1, 0.15) is 5.82 Å². The van der Waals surface area contributed by atoms with E-state index in [0.717, 1.165) is 12.4 Å². The molecule has 0 saturated heterocycles. The molecule has 14 heavy (non-hydrogen) atoms. The van der Waals surface area contributed by atoms with E-state index in [9.17, 15) is 0 Å². The van der Waals surface area contributed by atoms with Gasteiger partial charge in [-0.3, -0.25) is 0 Å². The van der Waals surface area contributed by atoms with E-state index >= 15 is 0 Å². The van der Waals surface area contributed by atoms with Crippen LogP contribution in [-0.2, 0) is 0 Å². The highest BCUT2D eigenvalue weighted by Gasteiger charge is 2.13. The quantitative estimate of drug-likeness (QED) is 0.747. The van der Waals surface area contributed by atoms with E-state index < -0.39 is 0 Å². The SMILES string of the molecule is CNC(C)(C)CNc1ccnc(Cl)n1. The van der Waals surface area contributed by atoms with Crippen LogP contribution in [0.5, 0.6) is 0 Å². The molecule has 0 bridgehead atoms. The average Bonchev–Trinajstić information content (AvgIpc) is 2.15. The van der Waals surface area contributed by atoms with Crippen molar-refractivity contribution in [1.82, 2.24) is 15.3 Å². The predicted octanol–water partition coefficient (Wildman–Crippen LogP) is 1.54. The van der Waals surface area contributed by atoms with Crippen LogP contribution in [0.25, 0.3) is 0 Å². The molecule has 0 aliphatic heterocycles. The van der Waals surface area contributed by atoms with Gasteiger partial charge in [-0.2, -0.15) is 0 Å². The first kappa shape index (κ1) is 11.2. The van der Waals surface area contributed by atoms with Gasteiger partial charge in [0.2, 0.25) is 5.28 Å². The first-order valence-corrected chi connectivity index (χ1v) is 4.83. The maximum absolute atomic E-state index is 5.65. The molecule has 0 aliphatic carbocycles. The van der Waals surface area contributed by atoms with Crippen molar-refractivity contribution in [3.8, 4) is 0 Å². The fourth-order valence-corrected chi connectivity index (χ4v) is 0.981. The maximum Gasteiger partial charge on any atom is 0.224 e. The average molecular weight is 215 g/mol. The van der Waals surface area contributed by atoms with Crippen molar-refractivity contribution in [1.29, 1.82) is 0 Å². The van der Waals surface area contributed by atoms with Crippen LogP contribution >= 0.6 is 11.6 Å². The molecule has 0 saturated carbocycles. The number of nitrogens with zero attached hydrogens (tertiary/aromatic N) is 2. The molecule has 1 rings (SSSR count). The molecular weight excluding hydrogens is 200 g/mol. The number of nitrogens with one attached hydrogen (secondary N) is 2. The van der Waals surface area contributed by atoms with E-state index in [1.54, 1.807) is 12.3 Å². The second-order valence-corrected chi connectivity index (χ2v) is 4.04. The molecule has 0 aliphatic rings. The van der Waals surface area contributed by atoms with Crippen LogP contribution in [0.15, 0.2) is 12.3 Å². The van der Waals surface area contributed by atoms with E-state index in [1.165, 1.54) is 0 Å². The second kappa shape index (κ2) is 4.57. The van der Waals surface area contributed by atoms with Crippen LogP contribution in [0.1, 0.15) is 13.8 Å². The van der Waals surface area contributed by atoms with E-state index in [4.69, 9.17) is 11.6 Å². The number of halogens is 1. The summed E-state index contributed by atoms with van der Waals surface area (Å²) in [5.41, 5.74) is 0.0252. The van der Waals surface area contributed by atoms with Crippen LogP contribution in [0.4, 0.5) is 5.82 Å². The summed E-state index contributed by atoms with van der Waals surface area (Å²) in [6.45, 7) is 4.97. The molecular formula is C9H15ClN4. The van der Waals surface area contributed by atoms with Crippen molar-refractivity contribution < 1.29 is 0 Å². The summed E-state index contributed by atoms with van der Waals surface area (Å²) >= 11 is 5.65. The smallest absolute Gasteiger partial charge is 0.224 e. The van der Waals surface area contributed by atoms with Gasteiger partial charge in [-0.15, -0.1) is 0 Å². The van der Waals surface area contributed by atoms with Crippen LogP contribution in [0.3, 0.4) is 0 Å². The monoisotopic (exact) mass is 214 g/mol. The maximum atomic E-state index is 5.65. The minimum Gasteiger partial charge on any atom is -0.368 e. The standard InChI is InChI=1S/C9H15ClN4/c1-9(2,11-3)6-13-7-4-5-12-8(10)14-7/h4-5,11H,6H2,1-3H3,(H,12,13,14). The Morgan fingerprint density at radius 3 is 2.79 bits per heavy atom. The topological polar surface area (TPSA) is 49.8 Å². The zero-order valence-electron chi connectivity index (χ0n) is 8.63. The Kier molecular flexibility index (Phi) is 3.66. The summed E-state index contributed by atoms with van der Waals surface area (Å²) in [7, 11) is 1.93. The summed E-state index contributed by atoms with van der Waals surface area (Å²) in [4.78, 5) is 7.83. The predicted molar refractivity (Wildman–Crippen MR) is 58.7 cm³/mol. The van der Waals surface area contributed by atoms with Crippen molar-refractivity contribution in [3.05, 3.63) is 17.5 Å². The third-order valence-electron chi connectivity index (χ3n) is 2.01. The number of likely N-dealkylation sites (N-methyl/N-ethyl adjacent to an activating group) is 1. The molecule has 78 valence electrons. The lowest BCUT2D eigenvalue weighted by atomic mass is 10.1. The van der Waals surface area contributed by atoms with Crippen molar-refractivity contribution in [2.75, 3.05) is 18.9 Å². The van der Waals surface area contributed by atoms with Gasteiger partial charge in [0, 0.05) is 18.3 Å². The minimum absolute atomic E-state index is 0.0252. The van der Waals surface area contributed by atoms with Crippen LogP contribution in [0.2, 0.25) is 5.28 Å². The summed E-state index contributed by atoms with van der Waals surface area (Å²) in [6, 6.07) is 1.79. The Labute approximate surface area is 89.1 Å². The van der Waals surface area contributed by atoms with Crippen LogP contribution in [-0.4, -0.2) is 29.1 Å². The molecule has 1 aromatic rings. The van der Waals surface area contributed by atoms with Gasteiger partial charge in [-0.25, -0.2) is 9.97 Å². The molecule has 0 aromatic carbocycles. The second-order valence-electron chi connectivity index (χ2n) is 3.70. The Balaban J connectivity index is 2.54. The molecule has 0 fully saturated rings. The van der Waals surface area contributed by atoms with E-state index in [-0.39, 0.29) is 10.8 Å². The summed E-state index contributed by atoms with van der Waals surface area (Å²) in [6.07, 6.45) is 1.63. The fraction of sp³-hybridized carbons (Fsp3) is 0.556. The number of anilines is 1. The molecule has 0 spiro atoms. The summed E-state index contributed by atoms with van der Waals surface area (Å²) < 4.78 is 0. The molecule has 0 unspecified atom stereocenters. The van der Waals surface area contributed by atoms with Crippen molar-refractivity contribution >= 4 is 17.4 Å². The highest BCUT2D eigenvalue weighted by atomic mass is 35.5. The largest absolute Gasteiger partial charge is 0.368 e. The van der Waals surface area contributed by atoms with Gasteiger partial charge in [0.05, 0.1) is 0 Å². The normalized spacial score (nSPS) is 11.4.